The van der Waals surface area contributed by atoms with E-state index < -0.39 is 0 Å². The third-order valence-corrected chi connectivity index (χ3v) is 3.32. The molecule has 0 unspecified atom stereocenters. The fraction of sp³-hybridized carbons (Fsp3) is 0.429. The zero-order valence-electron chi connectivity index (χ0n) is 10.6. The van der Waals surface area contributed by atoms with Crippen molar-refractivity contribution in [1.29, 1.82) is 0 Å². The first-order chi connectivity index (χ1) is 8.19. The van der Waals surface area contributed by atoms with Crippen LogP contribution in [-0.2, 0) is 13.0 Å². The highest BCUT2D eigenvalue weighted by molar-refractivity contribution is 6.35. The molecule has 0 saturated carbocycles. The van der Waals surface area contributed by atoms with Crippen LogP contribution in [0.4, 0.5) is 0 Å². The van der Waals surface area contributed by atoms with Crippen LogP contribution in [0.15, 0.2) is 16.5 Å². The predicted octanol–water partition coefficient (Wildman–Crippen LogP) is 4.07. The summed E-state index contributed by atoms with van der Waals surface area (Å²) in [5.74, 6) is 1.01. The van der Waals surface area contributed by atoms with E-state index >= 15 is 0 Å². The van der Waals surface area contributed by atoms with Crippen LogP contribution in [0.1, 0.15) is 30.2 Å². The van der Waals surface area contributed by atoms with Gasteiger partial charge in [0.2, 0.25) is 0 Å². The number of hydrogen-bond donors (Lipinski definition) is 1. The summed E-state index contributed by atoms with van der Waals surface area (Å²) in [4.78, 5) is 0. The summed E-state index contributed by atoms with van der Waals surface area (Å²) in [6.07, 6.45) is 2.10. The second-order valence-electron chi connectivity index (χ2n) is 4.35. The van der Waals surface area contributed by atoms with Crippen molar-refractivity contribution in [2.24, 2.45) is 0 Å². The van der Waals surface area contributed by atoms with Gasteiger partial charge in [0.1, 0.15) is 11.3 Å². The molecule has 2 aromatic rings. The van der Waals surface area contributed by atoms with E-state index in [1.54, 1.807) is 0 Å². The highest BCUT2D eigenvalue weighted by Gasteiger charge is 2.16. The van der Waals surface area contributed by atoms with Crippen molar-refractivity contribution in [3.8, 4) is 0 Å². The molecule has 2 rings (SSSR count). The Hall–Kier alpha value is -0.990. The molecule has 0 aliphatic carbocycles. The van der Waals surface area contributed by atoms with Crippen LogP contribution in [0.2, 0.25) is 5.02 Å². The quantitative estimate of drug-likeness (QED) is 0.886. The molecule has 1 N–H and O–H groups in total. The molecule has 2 nitrogen and oxygen atoms in total. The monoisotopic (exact) mass is 251 g/mol. The van der Waals surface area contributed by atoms with E-state index in [1.165, 1.54) is 5.56 Å². The van der Waals surface area contributed by atoms with E-state index in [1.807, 2.05) is 19.2 Å². The number of rotatable bonds is 4. The number of halogens is 1. The van der Waals surface area contributed by atoms with Crippen molar-refractivity contribution in [1.82, 2.24) is 5.32 Å². The molecule has 0 bridgehead atoms. The van der Waals surface area contributed by atoms with Gasteiger partial charge in [0.15, 0.2) is 0 Å². The predicted molar refractivity (Wildman–Crippen MR) is 72.7 cm³/mol. The molecule has 0 fully saturated rings. The van der Waals surface area contributed by atoms with Gasteiger partial charge in [0, 0.05) is 10.9 Å². The van der Waals surface area contributed by atoms with E-state index in [0.717, 1.165) is 46.7 Å². The van der Waals surface area contributed by atoms with E-state index in [4.69, 9.17) is 16.0 Å². The lowest BCUT2D eigenvalue weighted by atomic mass is 10.0. The number of nitrogens with one attached hydrogen (secondary N) is 1. The van der Waals surface area contributed by atoms with Crippen LogP contribution < -0.4 is 5.32 Å². The molecule has 0 atom stereocenters. The van der Waals surface area contributed by atoms with Gasteiger partial charge in [-0.1, -0.05) is 31.0 Å². The lowest BCUT2D eigenvalue weighted by Gasteiger charge is -2.01. The molecule has 0 spiro atoms. The first-order valence-electron chi connectivity index (χ1n) is 6.03. The van der Waals surface area contributed by atoms with Gasteiger partial charge in [0.25, 0.3) is 0 Å². The molecule has 0 saturated heterocycles. The Labute approximate surface area is 107 Å². The van der Waals surface area contributed by atoms with Gasteiger partial charge in [0.05, 0.1) is 11.6 Å². The molecule has 92 valence electrons. The summed E-state index contributed by atoms with van der Waals surface area (Å²) in [5.41, 5.74) is 3.33. The van der Waals surface area contributed by atoms with Crippen molar-refractivity contribution in [3.05, 3.63) is 34.0 Å². The molecule has 0 amide bonds. The fourth-order valence-electron chi connectivity index (χ4n) is 2.22. The summed E-state index contributed by atoms with van der Waals surface area (Å²) >= 11 is 6.30. The largest absolute Gasteiger partial charge is 0.459 e. The summed E-state index contributed by atoms with van der Waals surface area (Å²) in [6, 6.07) is 3.96. The third-order valence-electron chi connectivity index (χ3n) is 3.00. The summed E-state index contributed by atoms with van der Waals surface area (Å²) in [7, 11) is 1.93. The zero-order chi connectivity index (χ0) is 12.4. The third kappa shape index (κ3) is 2.20. The summed E-state index contributed by atoms with van der Waals surface area (Å²) in [5, 5.41) is 5.03. The number of hydrogen-bond acceptors (Lipinski definition) is 2. The minimum Gasteiger partial charge on any atom is -0.459 e. The molecule has 1 aromatic carbocycles. The topological polar surface area (TPSA) is 25.2 Å². The summed E-state index contributed by atoms with van der Waals surface area (Å²) < 4.78 is 5.96. The molecule has 17 heavy (non-hydrogen) atoms. The van der Waals surface area contributed by atoms with Gasteiger partial charge in [-0.05, 0) is 32.0 Å². The molecule has 1 heterocycles. The number of aryl methyl sites for hydroxylation is 2. The molecule has 0 aliphatic rings. The van der Waals surface area contributed by atoms with Crippen LogP contribution in [0.5, 0.6) is 0 Å². The fourth-order valence-corrected chi connectivity index (χ4v) is 2.48. The van der Waals surface area contributed by atoms with Gasteiger partial charge in [-0.15, -0.1) is 0 Å². The van der Waals surface area contributed by atoms with Crippen molar-refractivity contribution >= 4 is 22.6 Å². The molecule has 0 aliphatic heterocycles. The molecule has 3 heteroatoms. The standard InChI is InChI=1S/C14H18ClNO/c1-4-5-10-12(8-16-3)17-14-9(2)6-7-11(15)13(10)14/h6-7,16H,4-5,8H2,1-3H3. The lowest BCUT2D eigenvalue weighted by molar-refractivity contribution is 0.522. The van der Waals surface area contributed by atoms with Gasteiger partial charge < -0.3 is 9.73 Å². The molecule has 0 radical (unpaired) electrons. The van der Waals surface area contributed by atoms with Crippen molar-refractivity contribution in [2.75, 3.05) is 7.05 Å². The second kappa shape index (κ2) is 5.11. The van der Waals surface area contributed by atoms with Crippen molar-refractivity contribution < 1.29 is 4.42 Å². The Morgan fingerprint density at radius 2 is 2.12 bits per heavy atom. The van der Waals surface area contributed by atoms with Crippen LogP contribution in [0, 0.1) is 6.92 Å². The minimum atomic E-state index is 0.750. The lowest BCUT2D eigenvalue weighted by Crippen LogP contribution is -2.06. The molecule has 1 aromatic heterocycles. The van der Waals surface area contributed by atoms with Crippen molar-refractivity contribution in [3.63, 3.8) is 0 Å². The maximum absolute atomic E-state index is 6.30. The first-order valence-corrected chi connectivity index (χ1v) is 6.40. The summed E-state index contributed by atoms with van der Waals surface area (Å²) in [6.45, 7) is 4.98. The van der Waals surface area contributed by atoms with E-state index in [2.05, 4.69) is 19.2 Å². The average molecular weight is 252 g/mol. The number of fused-ring (bicyclic) bond motifs is 1. The highest BCUT2D eigenvalue weighted by atomic mass is 35.5. The molecular weight excluding hydrogens is 234 g/mol. The zero-order valence-corrected chi connectivity index (χ0v) is 11.3. The highest BCUT2D eigenvalue weighted by Crippen LogP contribution is 2.34. The Bertz CT molecular complexity index is 530. The second-order valence-corrected chi connectivity index (χ2v) is 4.76. The van der Waals surface area contributed by atoms with Gasteiger partial charge in [-0.25, -0.2) is 0 Å². The Kier molecular flexibility index (Phi) is 3.75. The first kappa shape index (κ1) is 12.5. The van der Waals surface area contributed by atoms with Crippen molar-refractivity contribution in [2.45, 2.75) is 33.2 Å². The smallest absolute Gasteiger partial charge is 0.139 e. The SMILES string of the molecule is CCCc1c(CNC)oc2c(C)ccc(Cl)c12. The maximum Gasteiger partial charge on any atom is 0.139 e. The Balaban J connectivity index is 2.70. The minimum absolute atomic E-state index is 0.750. The average Bonchev–Trinajstić information content (AvgIpc) is 2.66. The number of furan rings is 1. The van der Waals surface area contributed by atoms with Crippen LogP contribution in [0.3, 0.4) is 0 Å². The molecular formula is C14H18ClNO. The van der Waals surface area contributed by atoms with Gasteiger partial charge in [-0.3, -0.25) is 0 Å². The van der Waals surface area contributed by atoms with E-state index in [0.29, 0.717) is 0 Å². The van der Waals surface area contributed by atoms with Gasteiger partial charge >= 0.3 is 0 Å². The normalized spacial score (nSPS) is 11.3. The van der Waals surface area contributed by atoms with Crippen LogP contribution in [0.25, 0.3) is 11.0 Å². The number of benzene rings is 1. The van der Waals surface area contributed by atoms with E-state index in [9.17, 15) is 0 Å². The Morgan fingerprint density at radius 3 is 2.76 bits per heavy atom. The Morgan fingerprint density at radius 1 is 1.35 bits per heavy atom. The van der Waals surface area contributed by atoms with Crippen LogP contribution in [-0.4, -0.2) is 7.05 Å². The van der Waals surface area contributed by atoms with Gasteiger partial charge in [-0.2, -0.15) is 0 Å². The van der Waals surface area contributed by atoms with E-state index in [-0.39, 0.29) is 0 Å². The maximum atomic E-state index is 6.30. The van der Waals surface area contributed by atoms with Crippen LogP contribution >= 0.6 is 11.6 Å².